The van der Waals surface area contributed by atoms with Gasteiger partial charge in [-0.25, -0.2) is 9.97 Å². The molecule has 1 aliphatic carbocycles. The second kappa shape index (κ2) is 3.81. The minimum atomic E-state index is 0.295. The molecule has 1 aliphatic rings. The number of aryl methyl sites for hydroxylation is 1. The van der Waals surface area contributed by atoms with E-state index in [0.29, 0.717) is 5.41 Å². The van der Waals surface area contributed by atoms with Crippen LogP contribution in [0.3, 0.4) is 0 Å². The van der Waals surface area contributed by atoms with Gasteiger partial charge >= 0.3 is 0 Å². The molecule has 0 spiro atoms. The fraction of sp³-hybridized carbons (Fsp3) is 0.538. The van der Waals surface area contributed by atoms with Crippen LogP contribution in [0.25, 0.3) is 11.2 Å². The third kappa shape index (κ3) is 1.82. The van der Waals surface area contributed by atoms with Gasteiger partial charge in [0.2, 0.25) is 0 Å². The van der Waals surface area contributed by atoms with Crippen LogP contribution in [0, 0.1) is 12.3 Å². The summed E-state index contributed by atoms with van der Waals surface area (Å²) in [7, 11) is 0. The predicted molar refractivity (Wildman–Crippen MR) is 67.7 cm³/mol. The van der Waals surface area contributed by atoms with Crippen LogP contribution >= 0.6 is 0 Å². The Bertz CT molecular complexity index is 534. The molecule has 1 saturated carbocycles. The molecule has 0 radical (unpaired) electrons. The minimum absolute atomic E-state index is 0.295. The highest BCUT2D eigenvalue weighted by Crippen LogP contribution is 2.42. The fourth-order valence-electron chi connectivity index (χ4n) is 2.61. The molecule has 0 unspecified atom stereocenters. The average molecular weight is 230 g/mol. The lowest BCUT2D eigenvalue weighted by atomic mass is 9.66. The highest BCUT2D eigenvalue weighted by Gasteiger charge is 2.36. The van der Waals surface area contributed by atoms with Gasteiger partial charge in [0.15, 0.2) is 5.65 Å². The molecule has 4 nitrogen and oxygen atoms in total. The maximum Gasteiger partial charge on any atom is 0.177 e. The van der Waals surface area contributed by atoms with Crippen molar-refractivity contribution in [3.63, 3.8) is 0 Å². The van der Waals surface area contributed by atoms with E-state index in [9.17, 15) is 0 Å². The van der Waals surface area contributed by atoms with E-state index in [1.807, 2.05) is 19.1 Å². The minimum Gasteiger partial charge on any atom is -0.341 e. The summed E-state index contributed by atoms with van der Waals surface area (Å²) in [4.78, 5) is 12.3. The molecule has 2 aromatic rings. The normalized spacial score (nSPS) is 18.2. The lowest BCUT2D eigenvalue weighted by Gasteiger charge is -2.40. The highest BCUT2D eigenvalue weighted by molar-refractivity contribution is 5.70. The van der Waals surface area contributed by atoms with Gasteiger partial charge in [0, 0.05) is 12.1 Å². The van der Waals surface area contributed by atoms with Crippen molar-refractivity contribution in [3.05, 3.63) is 23.7 Å². The summed E-state index contributed by atoms with van der Waals surface area (Å²) in [6, 6.07) is 4.05. The number of nitrogens with zero attached hydrogens (tertiary/aromatic N) is 2. The molecule has 3 rings (SSSR count). The second-order valence-corrected chi connectivity index (χ2v) is 5.24. The maximum atomic E-state index is 5.88. The van der Waals surface area contributed by atoms with Gasteiger partial charge in [0.1, 0.15) is 5.82 Å². The first kappa shape index (κ1) is 10.7. The van der Waals surface area contributed by atoms with E-state index in [4.69, 9.17) is 5.73 Å². The standard InChI is InChI=1S/C13H18N4/c1-9-3-4-10-12(15-9)17-11(16-10)7-13(8-14)5-2-6-13/h3-4H,2,5-8,14H2,1H3,(H,15,16,17). The molecular weight excluding hydrogens is 212 g/mol. The zero-order chi connectivity index (χ0) is 11.9. The lowest BCUT2D eigenvalue weighted by molar-refractivity contribution is 0.142. The first-order valence-corrected chi connectivity index (χ1v) is 6.23. The van der Waals surface area contributed by atoms with Crippen LogP contribution in [0.5, 0.6) is 0 Å². The largest absolute Gasteiger partial charge is 0.341 e. The van der Waals surface area contributed by atoms with Crippen molar-refractivity contribution in [1.82, 2.24) is 15.0 Å². The summed E-state index contributed by atoms with van der Waals surface area (Å²) in [5.41, 5.74) is 9.03. The van der Waals surface area contributed by atoms with Crippen molar-refractivity contribution in [2.75, 3.05) is 6.54 Å². The van der Waals surface area contributed by atoms with Gasteiger partial charge in [-0.15, -0.1) is 0 Å². The van der Waals surface area contributed by atoms with Crippen LogP contribution in [0.15, 0.2) is 12.1 Å². The van der Waals surface area contributed by atoms with Gasteiger partial charge in [0.25, 0.3) is 0 Å². The van der Waals surface area contributed by atoms with Gasteiger partial charge in [-0.2, -0.15) is 0 Å². The number of pyridine rings is 1. The van der Waals surface area contributed by atoms with Gasteiger partial charge in [0.05, 0.1) is 5.52 Å². The molecule has 90 valence electrons. The van der Waals surface area contributed by atoms with Crippen LogP contribution in [0.1, 0.15) is 30.8 Å². The molecule has 0 aromatic carbocycles. The molecule has 0 aliphatic heterocycles. The number of hydrogen-bond acceptors (Lipinski definition) is 3. The Morgan fingerprint density at radius 1 is 1.35 bits per heavy atom. The number of H-pyrrole nitrogens is 1. The SMILES string of the molecule is Cc1ccc2[nH]c(CC3(CN)CCC3)nc2n1. The first-order chi connectivity index (χ1) is 8.21. The van der Waals surface area contributed by atoms with E-state index in [-0.39, 0.29) is 0 Å². The van der Waals surface area contributed by atoms with E-state index in [0.717, 1.165) is 35.6 Å². The van der Waals surface area contributed by atoms with E-state index in [2.05, 4.69) is 15.0 Å². The topological polar surface area (TPSA) is 67.6 Å². The number of nitrogens with two attached hydrogens (primary N) is 1. The first-order valence-electron chi connectivity index (χ1n) is 6.23. The molecular formula is C13H18N4. The maximum absolute atomic E-state index is 5.88. The van der Waals surface area contributed by atoms with Crippen molar-refractivity contribution in [1.29, 1.82) is 0 Å². The third-order valence-corrected chi connectivity index (χ3v) is 3.92. The number of fused-ring (bicyclic) bond motifs is 1. The summed E-state index contributed by atoms with van der Waals surface area (Å²) in [6.45, 7) is 2.75. The molecule has 0 saturated heterocycles. The Balaban J connectivity index is 1.90. The Hall–Kier alpha value is -1.42. The molecule has 2 aromatic heterocycles. The lowest BCUT2D eigenvalue weighted by Crippen LogP contribution is -2.39. The summed E-state index contributed by atoms with van der Waals surface area (Å²) in [6.07, 6.45) is 4.72. The van der Waals surface area contributed by atoms with Gasteiger partial charge in [-0.3, -0.25) is 0 Å². The summed E-state index contributed by atoms with van der Waals surface area (Å²) < 4.78 is 0. The van der Waals surface area contributed by atoms with Crippen LogP contribution in [0.4, 0.5) is 0 Å². The van der Waals surface area contributed by atoms with Gasteiger partial charge < -0.3 is 10.7 Å². The van der Waals surface area contributed by atoms with E-state index in [1.165, 1.54) is 19.3 Å². The Kier molecular flexibility index (Phi) is 2.40. The number of imidazole rings is 1. The van der Waals surface area contributed by atoms with Crippen LogP contribution < -0.4 is 5.73 Å². The third-order valence-electron chi connectivity index (χ3n) is 3.92. The number of rotatable bonds is 3. The quantitative estimate of drug-likeness (QED) is 0.846. The zero-order valence-corrected chi connectivity index (χ0v) is 10.2. The molecule has 3 N–H and O–H groups in total. The second-order valence-electron chi connectivity index (χ2n) is 5.24. The number of hydrogen-bond donors (Lipinski definition) is 2. The monoisotopic (exact) mass is 230 g/mol. The van der Waals surface area contributed by atoms with Gasteiger partial charge in [-0.1, -0.05) is 6.42 Å². The summed E-state index contributed by atoms with van der Waals surface area (Å²) in [5, 5.41) is 0. The number of nitrogens with one attached hydrogen (secondary N) is 1. The average Bonchev–Trinajstić information content (AvgIpc) is 2.65. The van der Waals surface area contributed by atoms with E-state index in [1.54, 1.807) is 0 Å². The Morgan fingerprint density at radius 3 is 2.82 bits per heavy atom. The molecule has 0 amide bonds. The Labute approximate surface area is 101 Å². The smallest absolute Gasteiger partial charge is 0.177 e. The summed E-state index contributed by atoms with van der Waals surface area (Å²) in [5.74, 6) is 1.03. The van der Waals surface area contributed by atoms with Crippen LogP contribution in [-0.4, -0.2) is 21.5 Å². The molecule has 2 heterocycles. The highest BCUT2D eigenvalue weighted by atomic mass is 15.0. The number of aromatic amines is 1. The van der Waals surface area contributed by atoms with Gasteiger partial charge in [-0.05, 0) is 43.9 Å². The molecule has 1 fully saturated rings. The van der Waals surface area contributed by atoms with Crippen molar-refractivity contribution in [3.8, 4) is 0 Å². The van der Waals surface area contributed by atoms with Crippen LogP contribution in [-0.2, 0) is 6.42 Å². The molecule has 17 heavy (non-hydrogen) atoms. The van der Waals surface area contributed by atoms with Crippen LogP contribution in [0.2, 0.25) is 0 Å². The molecule has 0 atom stereocenters. The van der Waals surface area contributed by atoms with Crippen molar-refractivity contribution < 1.29 is 0 Å². The Morgan fingerprint density at radius 2 is 2.18 bits per heavy atom. The fourth-order valence-corrected chi connectivity index (χ4v) is 2.61. The molecule has 0 bridgehead atoms. The summed E-state index contributed by atoms with van der Waals surface area (Å²) >= 11 is 0. The van der Waals surface area contributed by atoms with E-state index < -0.39 is 0 Å². The predicted octanol–water partition coefficient (Wildman–Crippen LogP) is 1.94. The van der Waals surface area contributed by atoms with Crippen molar-refractivity contribution in [2.45, 2.75) is 32.6 Å². The number of aromatic nitrogens is 3. The van der Waals surface area contributed by atoms with Crippen molar-refractivity contribution >= 4 is 11.2 Å². The molecule has 4 heteroatoms. The zero-order valence-electron chi connectivity index (χ0n) is 10.2. The van der Waals surface area contributed by atoms with E-state index >= 15 is 0 Å². The van der Waals surface area contributed by atoms with Crippen molar-refractivity contribution in [2.24, 2.45) is 11.1 Å².